The lowest BCUT2D eigenvalue weighted by Gasteiger charge is -2.12. The van der Waals surface area contributed by atoms with Gasteiger partial charge < -0.3 is 10.1 Å². The number of carbonyl (C=O) groups excluding carboxylic acids is 1. The molecule has 0 saturated carbocycles. The normalized spacial score (nSPS) is 14.3. The van der Waals surface area contributed by atoms with Crippen molar-refractivity contribution in [3.63, 3.8) is 0 Å². The van der Waals surface area contributed by atoms with Gasteiger partial charge in [-0.1, -0.05) is 0 Å². The van der Waals surface area contributed by atoms with Crippen LogP contribution in [-0.2, 0) is 6.42 Å². The standard InChI is InChI=1S/C12H8FNO3/c13-6-2-3-7-9-5(11(14-7)12(16)17)1-4-8(15)10(6)9/h2-3,14H,1,4H2,(H,16,17). The molecule has 0 amide bonds. The molecule has 1 aromatic heterocycles. The fourth-order valence-electron chi connectivity index (χ4n) is 2.40. The molecule has 0 spiro atoms. The second-order valence-electron chi connectivity index (χ2n) is 4.05. The highest BCUT2D eigenvalue weighted by atomic mass is 19.1. The van der Waals surface area contributed by atoms with Crippen molar-refractivity contribution < 1.29 is 19.1 Å². The van der Waals surface area contributed by atoms with E-state index in [0.29, 0.717) is 22.9 Å². The first-order chi connectivity index (χ1) is 8.09. The van der Waals surface area contributed by atoms with Gasteiger partial charge in [-0.15, -0.1) is 0 Å². The molecule has 0 unspecified atom stereocenters. The maximum Gasteiger partial charge on any atom is 0.352 e. The number of rotatable bonds is 1. The van der Waals surface area contributed by atoms with E-state index in [-0.39, 0.29) is 23.5 Å². The molecule has 1 heterocycles. The highest BCUT2D eigenvalue weighted by molar-refractivity contribution is 6.13. The number of benzene rings is 1. The number of halogens is 1. The molecule has 2 N–H and O–H groups in total. The van der Waals surface area contributed by atoms with Gasteiger partial charge in [0.25, 0.3) is 0 Å². The Balaban J connectivity index is 2.49. The van der Waals surface area contributed by atoms with Crippen LogP contribution in [-0.4, -0.2) is 21.8 Å². The molecule has 0 aliphatic heterocycles. The fourth-order valence-corrected chi connectivity index (χ4v) is 2.40. The van der Waals surface area contributed by atoms with Gasteiger partial charge in [0.05, 0.1) is 5.56 Å². The topological polar surface area (TPSA) is 70.2 Å². The molecule has 2 aromatic rings. The molecular formula is C12H8FNO3. The van der Waals surface area contributed by atoms with E-state index in [9.17, 15) is 14.0 Å². The molecule has 4 nitrogen and oxygen atoms in total. The van der Waals surface area contributed by atoms with Crippen molar-refractivity contribution in [3.05, 3.63) is 34.8 Å². The van der Waals surface area contributed by atoms with Gasteiger partial charge in [-0.05, 0) is 24.1 Å². The number of hydrogen-bond acceptors (Lipinski definition) is 2. The number of aromatic nitrogens is 1. The first-order valence-corrected chi connectivity index (χ1v) is 5.19. The van der Waals surface area contributed by atoms with E-state index in [1.54, 1.807) is 0 Å². The van der Waals surface area contributed by atoms with Gasteiger partial charge in [0.1, 0.15) is 11.5 Å². The number of nitrogens with one attached hydrogen (secondary N) is 1. The predicted octanol–water partition coefficient (Wildman–Crippen LogP) is 2.13. The summed E-state index contributed by atoms with van der Waals surface area (Å²) >= 11 is 0. The van der Waals surface area contributed by atoms with E-state index in [1.165, 1.54) is 12.1 Å². The molecule has 3 rings (SSSR count). The minimum absolute atomic E-state index is 0.0208. The van der Waals surface area contributed by atoms with E-state index in [2.05, 4.69) is 4.98 Å². The summed E-state index contributed by atoms with van der Waals surface area (Å²) in [7, 11) is 0. The van der Waals surface area contributed by atoms with Crippen LogP contribution in [0.15, 0.2) is 12.1 Å². The van der Waals surface area contributed by atoms with Gasteiger partial charge >= 0.3 is 5.97 Å². The van der Waals surface area contributed by atoms with Crippen molar-refractivity contribution in [1.82, 2.24) is 4.98 Å². The van der Waals surface area contributed by atoms with Crippen molar-refractivity contribution >= 4 is 22.7 Å². The number of Topliss-reactive ketones (excluding diaryl/α,β-unsaturated/α-hetero) is 1. The van der Waals surface area contributed by atoms with Crippen molar-refractivity contribution in [2.24, 2.45) is 0 Å². The molecule has 1 aromatic carbocycles. The van der Waals surface area contributed by atoms with Gasteiger partial charge in [-0.2, -0.15) is 0 Å². The average Bonchev–Trinajstić information content (AvgIpc) is 2.65. The smallest absolute Gasteiger partial charge is 0.352 e. The number of aryl methyl sites for hydroxylation is 1. The van der Waals surface area contributed by atoms with Crippen LogP contribution >= 0.6 is 0 Å². The molecule has 0 radical (unpaired) electrons. The maximum atomic E-state index is 13.6. The number of carboxylic acid groups (broad SMARTS) is 1. The van der Waals surface area contributed by atoms with Crippen LogP contribution in [0.5, 0.6) is 0 Å². The number of carbonyl (C=O) groups is 2. The second-order valence-corrected chi connectivity index (χ2v) is 4.05. The molecule has 0 fully saturated rings. The zero-order valence-corrected chi connectivity index (χ0v) is 8.71. The van der Waals surface area contributed by atoms with Crippen LogP contribution in [0, 0.1) is 5.82 Å². The van der Waals surface area contributed by atoms with Crippen LogP contribution in [0.3, 0.4) is 0 Å². The Bertz CT molecular complexity index is 672. The van der Waals surface area contributed by atoms with E-state index in [0.717, 1.165) is 0 Å². The number of ketones is 1. The molecule has 0 bridgehead atoms. The Morgan fingerprint density at radius 3 is 2.82 bits per heavy atom. The summed E-state index contributed by atoms with van der Waals surface area (Å²) in [5.41, 5.74) is 1.11. The zero-order valence-electron chi connectivity index (χ0n) is 8.71. The van der Waals surface area contributed by atoms with Crippen molar-refractivity contribution in [2.75, 3.05) is 0 Å². The van der Waals surface area contributed by atoms with Gasteiger partial charge in [-0.25, -0.2) is 9.18 Å². The predicted molar refractivity (Wildman–Crippen MR) is 57.9 cm³/mol. The van der Waals surface area contributed by atoms with E-state index < -0.39 is 11.8 Å². The van der Waals surface area contributed by atoms with Gasteiger partial charge in [-0.3, -0.25) is 4.79 Å². The lowest BCUT2D eigenvalue weighted by molar-refractivity contribution is 0.0689. The third-order valence-electron chi connectivity index (χ3n) is 3.11. The van der Waals surface area contributed by atoms with Gasteiger partial charge in [0, 0.05) is 17.3 Å². The van der Waals surface area contributed by atoms with E-state index in [4.69, 9.17) is 5.11 Å². The molecule has 5 heteroatoms. The Hall–Kier alpha value is -2.17. The summed E-state index contributed by atoms with van der Waals surface area (Å²) in [5.74, 6) is -1.94. The molecule has 1 aliphatic carbocycles. The largest absolute Gasteiger partial charge is 0.477 e. The summed E-state index contributed by atoms with van der Waals surface area (Å²) in [4.78, 5) is 25.4. The third kappa shape index (κ3) is 1.22. The molecule has 86 valence electrons. The molecule has 0 saturated heterocycles. The van der Waals surface area contributed by atoms with Crippen molar-refractivity contribution in [1.29, 1.82) is 0 Å². The van der Waals surface area contributed by atoms with Crippen molar-refractivity contribution in [2.45, 2.75) is 12.8 Å². The monoisotopic (exact) mass is 233 g/mol. The minimum atomic E-state index is -1.09. The van der Waals surface area contributed by atoms with E-state index in [1.807, 2.05) is 0 Å². The SMILES string of the molecule is O=C(O)c1[nH]c2ccc(F)c3c2c1CCC3=O. The molecule has 0 atom stereocenters. The molecule has 1 aliphatic rings. The highest BCUT2D eigenvalue weighted by Crippen LogP contribution is 2.33. The number of aromatic amines is 1. The van der Waals surface area contributed by atoms with Crippen LogP contribution in [0.1, 0.15) is 32.8 Å². The van der Waals surface area contributed by atoms with Gasteiger partial charge in [0.2, 0.25) is 0 Å². The number of aromatic carboxylic acids is 1. The summed E-state index contributed by atoms with van der Waals surface area (Å²) in [6, 6.07) is 2.65. The Kier molecular flexibility index (Phi) is 1.86. The number of carboxylic acids is 1. The summed E-state index contributed by atoms with van der Waals surface area (Å²) in [5, 5.41) is 9.47. The summed E-state index contributed by atoms with van der Waals surface area (Å²) in [6.07, 6.45) is 0.498. The molecule has 17 heavy (non-hydrogen) atoms. The second kappa shape index (κ2) is 3.16. The number of hydrogen-bond donors (Lipinski definition) is 2. The van der Waals surface area contributed by atoms with Crippen LogP contribution < -0.4 is 0 Å². The lowest BCUT2D eigenvalue weighted by Crippen LogP contribution is -2.12. The quantitative estimate of drug-likeness (QED) is 0.792. The zero-order chi connectivity index (χ0) is 12.2. The van der Waals surface area contributed by atoms with E-state index >= 15 is 0 Å². The minimum Gasteiger partial charge on any atom is -0.477 e. The van der Waals surface area contributed by atoms with Crippen LogP contribution in [0.4, 0.5) is 4.39 Å². The fraction of sp³-hybridized carbons (Fsp3) is 0.167. The average molecular weight is 233 g/mol. The van der Waals surface area contributed by atoms with Crippen molar-refractivity contribution in [3.8, 4) is 0 Å². The highest BCUT2D eigenvalue weighted by Gasteiger charge is 2.28. The summed E-state index contributed by atoms with van der Waals surface area (Å²) in [6.45, 7) is 0. The maximum absolute atomic E-state index is 13.6. The Labute approximate surface area is 95.1 Å². The molecular weight excluding hydrogens is 225 g/mol. The van der Waals surface area contributed by atoms with Crippen LogP contribution in [0.2, 0.25) is 0 Å². The van der Waals surface area contributed by atoms with Crippen LogP contribution in [0.25, 0.3) is 10.9 Å². The summed E-state index contributed by atoms with van der Waals surface area (Å²) < 4.78 is 13.6. The lowest BCUT2D eigenvalue weighted by atomic mass is 9.90. The Morgan fingerprint density at radius 1 is 1.35 bits per heavy atom. The number of H-pyrrole nitrogens is 1. The van der Waals surface area contributed by atoms with Gasteiger partial charge in [0.15, 0.2) is 5.78 Å². The first kappa shape index (κ1) is 10.0. The third-order valence-corrected chi connectivity index (χ3v) is 3.11. The Morgan fingerprint density at radius 2 is 2.12 bits per heavy atom. The first-order valence-electron chi connectivity index (χ1n) is 5.19.